The van der Waals surface area contributed by atoms with Gasteiger partial charge in [-0.25, -0.2) is 0 Å². The van der Waals surface area contributed by atoms with Crippen LogP contribution in [0.2, 0.25) is 0 Å². The maximum absolute atomic E-state index is 6.04. The van der Waals surface area contributed by atoms with E-state index in [1.807, 2.05) is 6.92 Å². The van der Waals surface area contributed by atoms with Gasteiger partial charge in [-0.2, -0.15) is 0 Å². The monoisotopic (exact) mass is 279 g/mol. The minimum Gasteiger partial charge on any atom is -0.466 e. The maximum atomic E-state index is 6.04. The standard InChI is InChI=1S/C17H29NO2/c1-7-8-18-17(15-9-10(2)19-13(15)5)16-11(3)12(4)20-14(16)6/h9,11-12,14,16-18H,7-8H2,1-6H3. The molecule has 5 atom stereocenters. The number of hydrogen-bond donors (Lipinski definition) is 1. The van der Waals surface area contributed by atoms with Crippen molar-refractivity contribution in [2.45, 2.75) is 66.2 Å². The number of aryl methyl sites for hydroxylation is 2. The quantitative estimate of drug-likeness (QED) is 0.884. The zero-order valence-electron chi connectivity index (χ0n) is 13.7. The Balaban J connectivity index is 2.30. The van der Waals surface area contributed by atoms with Crippen molar-refractivity contribution in [3.05, 3.63) is 23.2 Å². The summed E-state index contributed by atoms with van der Waals surface area (Å²) in [5.41, 5.74) is 1.30. The third-order valence-corrected chi connectivity index (χ3v) is 4.73. The summed E-state index contributed by atoms with van der Waals surface area (Å²) in [4.78, 5) is 0. The van der Waals surface area contributed by atoms with Crippen LogP contribution in [0.3, 0.4) is 0 Å². The van der Waals surface area contributed by atoms with Gasteiger partial charge < -0.3 is 14.5 Å². The molecule has 1 aromatic rings. The van der Waals surface area contributed by atoms with Crippen LogP contribution >= 0.6 is 0 Å². The third kappa shape index (κ3) is 2.94. The molecule has 0 aromatic carbocycles. The summed E-state index contributed by atoms with van der Waals surface area (Å²) in [6, 6.07) is 2.51. The Hall–Kier alpha value is -0.800. The van der Waals surface area contributed by atoms with Crippen molar-refractivity contribution < 1.29 is 9.15 Å². The Morgan fingerprint density at radius 3 is 2.35 bits per heavy atom. The molecule has 0 saturated carbocycles. The zero-order valence-corrected chi connectivity index (χ0v) is 13.7. The van der Waals surface area contributed by atoms with Gasteiger partial charge in [-0.15, -0.1) is 0 Å². The fourth-order valence-corrected chi connectivity index (χ4v) is 3.58. The molecule has 114 valence electrons. The number of furan rings is 1. The van der Waals surface area contributed by atoms with E-state index in [-0.39, 0.29) is 6.10 Å². The Bertz CT molecular complexity index is 440. The van der Waals surface area contributed by atoms with Gasteiger partial charge in [0.1, 0.15) is 11.5 Å². The lowest BCUT2D eigenvalue weighted by molar-refractivity contribution is 0.0474. The largest absolute Gasteiger partial charge is 0.466 e. The first-order valence-corrected chi connectivity index (χ1v) is 7.91. The number of rotatable bonds is 5. The Kier molecular flexibility index (Phi) is 4.92. The summed E-state index contributed by atoms with van der Waals surface area (Å²) in [7, 11) is 0. The summed E-state index contributed by atoms with van der Waals surface area (Å²) >= 11 is 0. The van der Waals surface area contributed by atoms with Crippen LogP contribution < -0.4 is 5.32 Å². The molecular weight excluding hydrogens is 250 g/mol. The fourth-order valence-electron chi connectivity index (χ4n) is 3.58. The van der Waals surface area contributed by atoms with Crippen LogP contribution in [0.15, 0.2) is 10.5 Å². The number of hydrogen-bond acceptors (Lipinski definition) is 3. The van der Waals surface area contributed by atoms with Gasteiger partial charge in [0.05, 0.1) is 12.2 Å². The van der Waals surface area contributed by atoms with Gasteiger partial charge in [0.15, 0.2) is 0 Å². The smallest absolute Gasteiger partial charge is 0.105 e. The van der Waals surface area contributed by atoms with Crippen LogP contribution in [0.1, 0.15) is 57.2 Å². The van der Waals surface area contributed by atoms with Crippen LogP contribution in [0, 0.1) is 25.7 Å². The Labute approximate surface area is 123 Å². The molecule has 0 amide bonds. The van der Waals surface area contributed by atoms with Gasteiger partial charge in [0, 0.05) is 17.5 Å². The first-order chi connectivity index (χ1) is 9.45. The topological polar surface area (TPSA) is 34.4 Å². The van der Waals surface area contributed by atoms with E-state index in [4.69, 9.17) is 9.15 Å². The third-order valence-electron chi connectivity index (χ3n) is 4.73. The Morgan fingerprint density at radius 1 is 1.20 bits per heavy atom. The lowest BCUT2D eigenvalue weighted by atomic mass is 9.80. The highest BCUT2D eigenvalue weighted by Crippen LogP contribution is 2.41. The van der Waals surface area contributed by atoms with Gasteiger partial charge in [-0.1, -0.05) is 13.8 Å². The molecule has 1 aliphatic heterocycles. The van der Waals surface area contributed by atoms with Crippen molar-refractivity contribution in [2.24, 2.45) is 11.8 Å². The van der Waals surface area contributed by atoms with Crippen LogP contribution in [0.4, 0.5) is 0 Å². The molecule has 20 heavy (non-hydrogen) atoms. The molecule has 2 heterocycles. The predicted octanol–water partition coefficient (Wildman–Crippen LogP) is 4.00. The maximum Gasteiger partial charge on any atom is 0.105 e. The normalized spacial score (nSPS) is 31.7. The lowest BCUT2D eigenvalue weighted by Crippen LogP contribution is -2.35. The van der Waals surface area contributed by atoms with Crippen LogP contribution in [-0.4, -0.2) is 18.8 Å². The van der Waals surface area contributed by atoms with E-state index in [9.17, 15) is 0 Å². The van der Waals surface area contributed by atoms with E-state index < -0.39 is 0 Å². The van der Waals surface area contributed by atoms with Crippen LogP contribution in [0.25, 0.3) is 0 Å². The van der Waals surface area contributed by atoms with Gasteiger partial charge in [-0.3, -0.25) is 0 Å². The molecule has 1 fully saturated rings. The van der Waals surface area contributed by atoms with Gasteiger partial charge >= 0.3 is 0 Å². The zero-order chi connectivity index (χ0) is 14.9. The van der Waals surface area contributed by atoms with E-state index in [0.717, 1.165) is 24.5 Å². The van der Waals surface area contributed by atoms with Crippen molar-refractivity contribution >= 4 is 0 Å². The van der Waals surface area contributed by atoms with E-state index in [1.54, 1.807) is 0 Å². The average Bonchev–Trinajstić information content (AvgIpc) is 2.83. The summed E-state index contributed by atoms with van der Waals surface area (Å²) in [6.07, 6.45) is 1.75. The molecule has 1 saturated heterocycles. The van der Waals surface area contributed by atoms with Crippen molar-refractivity contribution in [3.8, 4) is 0 Å². The molecule has 3 heteroatoms. The van der Waals surface area contributed by atoms with Gasteiger partial charge in [0.2, 0.25) is 0 Å². The number of ether oxygens (including phenoxy) is 1. The molecule has 0 aliphatic carbocycles. The molecule has 5 unspecified atom stereocenters. The highest BCUT2D eigenvalue weighted by atomic mass is 16.5. The molecule has 0 spiro atoms. The van der Waals surface area contributed by atoms with Crippen molar-refractivity contribution in [3.63, 3.8) is 0 Å². The second-order valence-electron chi connectivity index (χ2n) is 6.28. The molecule has 0 radical (unpaired) electrons. The van der Waals surface area contributed by atoms with Crippen LogP contribution in [0.5, 0.6) is 0 Å². The number of nitrogens with one attached hydrogen (secondary N) is 1. The van der Waals surface area contributed by atoms with E-state index in [1.165, 1.54) is 5.56 Å². The molecule has 2 rings (SSSR count). The summed E-state index contributed by atoms with van der Waals surface area (Å²) in [5, 5.41) is 3.72. The lowest BCUT2D eigenvalue weighted by Gasteiger charge is -2.30. The van der Waals surface area contributed by atoms with E-state index >= 15 is 0 Å². The summed E-state index contributed by atoms with van der Waals surface area (Å²) in [5.74, 6) is 3.07. The van der Waals surface area contributed by atoms with Gasteiger partial charge in [-0.05, 0) is 52.6 Å². The SMILES string of the molecule is CCCNC(c1cc(C)oc1C)C1C(C)OC(C)C1C. The average molecular weight is 279 g/mol. The Morgan fingerprint density at radius 2 is 1.90 bits per heavy atom. The minimum atomic E-state index is 0.281. The highest BCUT2D eigenvalue weighted by molar-refractivity contribution is 5.26. The summed E-state index contributed by atoms with van der Waals surface area (Å²) < 4.78 is 11.8. The van der Waals surface area contributed by atoms with E-state index in [2.05, 4.69) is 46.0 Å². The minimum absolute atomic E-state index is 0.281. The first kappa shape index (κ1) is 15.6. The van der Waals surface area contributed by atoms with Crippen molar-refractivity contribution in [1.29, 1.82) is 0 Å². The van der Waals surface area contributed by atoms with Crippen LogP contribution in [-0.2, 0) is 4.74 Å². The second kappa shape index (κ2) is 6.31. The molecule has 3 nitrogen and oxygen atoms in total. The fraction of sp³-hybridized carbons (Fsp3) is 0.765. The molecule has 0 bridgehead atoms. The molecular formula is C17H29NO2. The first-order valence-electron chi connectivity index (χ1n) is 7.91. The molecule has 1 aliphatic rings. The second-order valence-corrected chi connectivity index (χ2v) is 6.28. The van der Waals surface area contributed by atoms with Crippen molar-refractivity contribution in [1.82, 2.24) is 5.32 Å². The molecule has 1 N–H and O–H groups in total. The summed E-state index contributed by atoms with van der Waals surface area (Å²) in [6.45, 7) is 14.0. The predicted molar refractivity (Wildman–Crippen MR) is 81.9 cm³/mol. The van der Waals surface area contributed by atoms with E-state index in [0.29, 0.717) is 24.0 Å². The van der Waals surface area contributed by atoms with Crippen molar-refractivity contribution in [2.75, 3.05) is 6.54 Å². The highest BCUT2D eigenvalue weighted by Gasteiger charge is 2.42. The van der Waals surface area contributed by atoms with Gasteiger partial charge in [0.25, 0.3) is 0 Å². The molecule has 1 aromatic heterocycles.